The molecule has 1 aromatic heterocycles. The number of fused-ring (bicyclic) bond motifs is 1. The fraction of sp³-hybridized carbons (Fsp3) is 0.250. The van der Waals surface area contributed by atoms with Crippen LogP contribution in [-0.4, -0.2) is 29.9 Å². The number of hydrogen-bond donors (Lipinski definition) is 1. The molecule has 26 heavy (non-hydrogen) atoms. The van der Waals surface area contributed by atoms with Gasteiger partial charge in [0.15, 0.2) is 5.76 Å². The van der Waals surface area contributed by atoms with E-state index in [0.717, 1.165) is 17.4 Å². The van der Waals surface area contributed by atoms with Crippen LogP contribution in [0.3, 0.4) is 0 Å². The van der Waals surface area contributed by atoms with Crippen molar-refractivity contribution in [2.75, 3.05) is 13.1 Å². The Labute approximate surface area is 156 Å². The summed E-state index contributed by atoms with van der Waals surface area (Å²) in [5.41, 5.74) is 7.33. The highest BCUT2D eigenvalue weighted by Gasteiger charge is 2.30. The van der Waals surface area contributed by atoms with Crippen molar-refractivity contribution in [2.24, 2.45) is 5.73 Å². The predicted octanol–water partition coefficient (Wildman–Crippen LogP) is 3.84. The number of hydrogen-bond acceptors (Lipinski definition) is 4. The van der Waals surface area contributed by atoms with E-state index in [1.54, 1.807) is 17.0 Å². The fourth-order valence-electron chi connectivity index (χ4n) is 3.24. The molecule has 0 saturated carbocycles. The molecule has 1 aliphatic heterocycles. The zero-order chi connectivity index (χ0) is 18.1. The van der Waals surface area contributed by atoms with Crippen molar-refractivity contribution >= 4 is 28.5 Å². The minimum Gasteiger partial charge on any atom is -0.487 e. The van der Waals surface area contributed by atoms with Crippen molar-refractivity contribution in [3.63, 3.8) is 0 Å². The first kappa shape index (κ1) is 16.9. The summed E-state index contributed by atoms with van der Waals surface area (Å²) in [4.78, 5) is 14.7. The normalized spacial score (nSPS) is 17.0. The molecule has 2 aromatic carbocycles. The summed E-state index contributed by atoms with van der Waals surface area (Å²) in [5, 5.41) is 1.39. The second-order valence-electron chi connectivity index (χ2n) is 6.42. The van der Waals surface area contributed by atoms with Crippen LogP contribution >= 0.6 is 11.6 Å². The van der Waals surface area contributed by atoms with Crippen molar-refractivity contribution in [3.05, 3.63) is 64.9 Å². The Morgan fingerprint density at radius 1 is 1.23 bits per heavy atom. The second kappa shape index (κ2) is 7.02. The first-order valence-electron chi connectivity index (χ1n) is 8.56. The number of nitrogens with zero attached hydrogens (tertiary/aromatic N) is 1. The molecule has 5 nitrogen and oxygen atoms in total. The number of likely N-dealkylation sites (tertiary alicyclic amines) is 1. The van der Waals surface area contributed by atoms with Crippen molar-refractivity contribution in [1.29, 1.82) is 0 Å². The Hall–Kier alpha value is -2.50. The van der Waals surface area contributed by atoms with Crippen LogP contribution in [0.25, 0.3) is 11.0 Å². The highest BCUT2D eigenvalue weighted by Crippen LogP contribution is 2.30. The van der Waals surface area contributed by atoms with E-state index in [1.807, 2.05) is 36.4 Å². The second-order valence-corrected chi connectivity index (χ2v) is 6.83. The van der Waals surface area contributed by atoms with E-state index in [0.29, 0.717) is 35.2 Å². The van der Waals surface area contributed by atoms with Crippen molar-refractivity contribution in [1.82, 2.24) is 4.90 Å². The summed E-state index contributed by atoms with van der Waals surface area (Å²) in [6, 6.07) is 14.8. The Morgan fingerprint density at radius 3 is 2.77 bits per heavy atom. The molecule has 0 bridgehead atoms. The maximum absolute atomic E-state index is 13.0. The van der Waals surface area contributed by atoms with Gasteiger partial charge in [0.05, 0.1) is 5.02 Å². The van der Waals surface area contributed by atoms with Gasteiger partial charge in [-0.1, -0.05) is 41.9 Å². The average molecular weight is 371 g/mol. The van der Waals surface area contributed by atoms with Gasteiger partial charge >= 0.3 is 0 Å². The van der Waals surface area contributed by atoms with Gasteiger partial charge in [-0.05, 0) is 24.6 Å². The number of carbonyl (C=O) groups excluding carboxylic acids is 1. The average Bonchev–Trinajstić information content (AvgIpc) is 3.24. The smallest absolute Gasteiger partial charge is 0.290 e. The molecule has 0 radical (unpaired) electrons. The van der Waals surface area contributed by atoms with Gasteiger partial charge < -0.3 is 19.8 Å². The topological polar surface area (TPSA) is 68.7 Å². The highest BCUT2D eigenvalue weighted by atomic mass is 35.5. The molecule has 3 aromatic rings. The van der Waals surface area contributed by atoms with Gasteiger partial charge in [0.2, 0.25) is 0 Å². The zero-order valence-corrected chi connectivity index (χ0v) is 14.9. The van der Waals surface area contributed by atoms with Crippen LogP contribution in [0, 0.1) is 0 Å². The number of rotatable bonds is 4. The van der Waals surface area contributed by atoms with Gasteiger partial charge in [-0.15, -0.1) is 0 Å². The highest BCUT2D eigenvalue weighted by molar-refractivity contribution is 6.32. The number of halogens is 1. The van der Waals surface area contributed by atoms with Gasteiger partial charge in [0, 0.05) is 30.1 Å². The summed E-state index contributed by atoms with van der Waals surface area (Å²) >= 11 is 6.17. The molecule has 1 atom stereocenters. The number of ether oxygens (including phenoxy) is 1. The molecule has 0 unspecified atom stereocenters. The predicted molar refractivity (Wildman–Crippen MR) is 100 cm³/mol. The van der Waals surface area contributed by atoms with Crippen LogP contribution in [0.2, 0.25) is 5.02 Å². The summed E-state index contributed by atoms with van der Waals surface area (Å²) in [7, 11) is 0. The largest absolute Gasteiger partial charge is 0.487 e. The number of carbonyl (C=O) groups is 1. The number of para-hydroxylation sites is 2. The quantitative estimate of drug-likeness (QED) is 0.757. The van der Waals surface area contributed by atoms with Crippen LogP contribution < -0.4 is 10.5 Å². The van der Waals surface area contributed by atoms with Crippen LogP contribution in [0.4, 0.5) is 0 Å². The van der Waals surface area contributed by atoms with E-state index < -0.39 is 0 Å². The van der Waals surface area contributed by atoms with E-state index in [1.165, 1.54) is 0 Å². The molecule has 2 heterocycles. The number of amides is 1. The SMILES string of the molecule is N[C@@H]1CCN(C(=O)c2oc3ccccc3c2COc2ccccc2Cl)C1. The molecule has 2 N–H and O–H groups in total. The lowest BCUT2D eigenvalue weighted by atomic mass is 10.1. The minimum absolute atomic E-state index is 0.0196. The van der Waals surface area contributed by atoms with E-state index >= 15 is 0 Å². The lowest BCUT2D eigenvalue weighted by Crippen LogP contribution is -2.32. The molecule has 0 spiro atoms. The van der Waals surface area contributed by atoms with Gasteiger partial charge in [-0.2, -0.15) is 0 Å². The van der Waals surface area contributed by atoms with E-state index in [9.17, 15) is 4.79 Å². The van der Waals surface area contributed by atoms with Crippen molar-refractivity contribution < 1.29 is 13.9 Å². The van der Waals surface area contributed by atoms with E-state index in [4.69, 9.17) is 26.5 Å². The molecule has 134 valence electrons. The summed E-state index contributed by atoms with van der Waals surface area (Å²) in [6.07, 6.45) is 0.803. The zero-order valence-electron chi connectivity index (χ0n) is 14.2. The molecular formula is C20H19ClN2O3. The lowest BCUT2D eigenvalue weighted by Gasteiger charge is -2.15. The van der Waals surface area contributed by atoms with E-state index in [-0.39, 0.29) is 18.6 Å². The van der Waals surface area contributed by atoms with Gasteiger partial charge in [0.1, 0.15) is 17.9 Å². The van der Waals surface area contributed by atoms with Gasteiger partial charge in [0.25, 0.3) is 5.91 Å². The lowest BCUT2D eigenvalue weighted by molar-refractivity contribution is 0.0758. The molecule has 1 amide bonds. The monoisotopic (exact) mass is 370 g/mol. The van der Waals surface area contributed by atoms with Crippen molar-refractivity contribution in [3.8, 4) is 5.75 Å². The maximum Gasteiger partial charge on any atom is 0.290 e. The van der Waals surface area contributed by atoms with Gasteiger partial charge in [-0.3, -0.25) is 4.79 Å². The number of nitrogens with two attached hydrogens (primary N) is 1. The molecule has 1 fully saturated rings. The van der Waals surface area contributed by atoms with Crippen LogP contribution in [0.5, 0.6) is 5.75 Å². The maximum atomic E-state index is 13.0. The van der Waals surface area contributed by atoms with Crippen molar-refractivity contribution in [2.45, 2.75) is 19.1 Å². The summed E-state index contributed by atoms with van der Waals surface area (Å²) in [6.45, 7) is 1.38. The van der Waals surface area contributed by atoms with Gasteiger partial charge in [-0.25, -0.2) is 0 Å². The van der Waals surface area contributed by atoms with E-state index in [2.05, 4.69) is 0 Å². The third kappa shape index (κ3) is 3.16. The third-order valence-corrected chi connectivity index (χ3v) is 4.93. The first-order valence-corrected chi connectivity index (χ1v) is 8.94. The fourth-order valence-corrected chi connectivity index (χ4v) is 3.43. The Kier molecular flexibility index (Phi) is 4.57. The van der Waals surface area contributed by atoms with Crippen LogP contribution in [0.1, 0.15) is 22.5 Å². The first-order chi connectivity index (χ1) is 12.6. The molecule has 0 aliphatic carbocycles. The molecule has 6 heteroatoms. The third-order valence-electron chi connectivity index (χ3n) is 4.61. The Bertz CT molecular complexity index is 953. The van der Waals surface area contributed by atoms with Crippen LogP contribution in [-0.2, 0) is 6.61 Å². The standard InChI is InChI=1S/C20H19ClN2O3/c21-16-6-2-4-8-18(16)25-12-15-14-5-1-3-7-17(14)26-19(15)20(24)23-10-9-13(22)11-23/h1-8,13H,9-12,22H2/t13-/m1/s1. The molecule has 1 aliphatic rings. The molecule has 4 rings (SSSR count). The Balaban J connectivity index is 1.68. The summed E-state index contributed by atoms with van der Waals surface area (Å²) in [5.74, 6) is 0.736. The minimum atomic E-state index is -0.146. The molecular weight excluding hydrogens is 352 g/mol. The van der Waals surface area contributed by atoms with Crippen LogP contribution in [0.15, 0.2) is 52.9 Å². The number of furan rings is 1. The Morgan fingerprint density at radius 2 is 2.00 bits per heavy atom. The molecule has 1 saturated heterocycles. The number of benzene rings is 2. The summed E-state index contributed by atoms with van der Waals surface area (Å²) < 4.78 is 11.8.